The summed E-state index contributed by atoms with van der Waals surface area (Å²) in [5.74, 6) is 0. The first-order chi connectivity index (χ1) is 37.3. The van der Waals surface area contributed by atoms with E-state index in [2.05, 4.69) is 85.8 Å². The molecule has 2 aliphatic heterocycles. The maximum absolute atomic E-state index is 15.9. The molecule has 4 aliphatic rings. The van der Waals surface area contributed by atoms with Crippen molar-refractivity contribution in [3.63, 3.8) is 0 Å². The first-order valence-electron chi connectivity index (χ1n) is 25.3. The fraction of sp³-hybridized carbons (Fsp3) is 0.0303. The van der Waals surface area contributed by atoms with E-state index < -0.39 is 30.5 Å². The monoisotopic (exact) mass is 1010 g/mol. The molecule has 0 unspecified atom stereocenters. The summed E-state index contributed by atoms with van der Waals surface area (Å²) in [4.78, 5) is 10.2. The summed E-state index contributed by atoms with van der Waals surface area (Å²) in [7, 11) is -8.41. The molecular formula is C66H38N4O4S2. The summed E-state index contributed by atoms with van der Waals surface area (Å²) in [6.45, 7) is 0. The molecule has 9 aromatic carbocycles. The highest BCUT2D eigenvalue weighted by Crippen LogP contribution is 2.64. The van der Waals surface area contributed by atoms with Crippen molar-refractivity contribution in [3.05, 3.63) is 276 Å². The number of rotatable bonds is 2. The van der Waals surface area contributed by atoms with E-state index in [1.807, 2.05) is 140 Å². The first kappa shape index (κ1) is 42.2. The molecule has 10 heteroatoms. The molecule has 2 aliphatic carbocycles. The maximum atomic E-state index is 15.9. The van der Waals surface area contributed by atoms with Gasteiger partial charge in [-0.3, -0.25) is 9.97 Å². The van der Waals surface area contributed by atoms with E-state index in [0.717, 1.165) is 88.2 Å². The average molecular weight is 1020 g/mol. The van der Waals surface area contributed by atoms with Crippen molar-refractivity contribution < 1.29 is 16.8 Å². The van der Waals surface area contributed by atoms with E-state index in [1.165, 1.54) is 0 Å². The van der Waals surface area contributed by atoms with Crippen LogP contribution in [0.3, 0.4) is 0 Å². The van der Waals surface area contributed by atoms with Crippen LogP contribution in [0, 0.1) is 0 Å². The number of nitrogens with zero attached hydrogens (tertiary/aromatic N) is 4. The van der Waals surface area contributed by atoms with Crippen molar-refractivity contribution in [2.24, 2.45) is 0 Å². The number of benzene rings is 9. The van der Waals surface area contributed by atoms with Crippen LogP contribution in [0.2, 0.25) is 0 Å². The zero-order valence-electron chi connectivity index (χ0n) is 40.2. The molecule has 0 N–H and O–H groups in total. The summed E-state index contributed by atoms with van der Waals surface area (Å²) in [5, 5.41) is 3.08. The Bertz CT molecular complexity index is 4670. The quantitative estimate of drug-likeness (QED) is 0.171. The van der Waals surface area contributed by atoms with Gasteiger partial charge in [0.25, 0.3) is 0 Å². The largest absolute Gasteiger partial charge is 0.308 e. The number of hydrogen-bond acceptors (Lipinski definition) is 6. The van der Waals surface area contributed by atoms with E-state index >= 15 is 16.8 Å². The van der Waals surface area contributed by atoms with Crippen molar-refractivity contribution >= 4 is 63.3 Å². The topological polar surface area (TPSA) is 104 Å². The Hall–Kier alpha value is -9.22. The minimum atomic E-state index is -4.21. The van der Waals surface area contributed by atoms with Crippen LogP contribution >= 0.6 is 0 Å². The zero-order valence-corrected chi connectivity index (χ0v) is 41.8. The van der Waals surface area contributed by atoms with E-state index in [4.69, 9.17) is 0 Å². The third-order valence-electron chi connectivity index (χ3n) is 17.1. The van der Waals surface area contributed by atoms with Crippen molar-refractivity contribution in [1.82, 2.24) is 19.1 Å². The van der Waals surface area contributed by atoms with Gasteiger partial charge in [-0.05, 0) is 109 Å². The molecule has 4 aromatic heterocycles. The van der Waals surface area contributed by atoms with Crippen LogP contribution in [0.5, 0.6) is 0 Å². The highest BCUT2D eigenvalue weighted by Gasteiger charge is 2.56. The Labute approximate surface area is 436 Å². The van der Waals surface area contributed by atoms with Gasteiger partial charge in [0.1, 0.15) is 9.79 Å². The van der Waals surface area contributed by atoms with Crippen molar-refractivity contribution in [2.45, 2.75) is 30.4 Å². The third-order valence-corrected chi connectivity index (χ3v) is 20.9. The normalized spacial score (nSPS) is 16.0. The Kier molecular flexibility index (Phi) is 7.95. The highest BCUT2D eigenvalue weighted by molar-refractivity contribution is 7.92. The zero-order chi connectivity index (χ0) is 50.5. The molecular weight excluding hydrogens is 977 g/mol. The lowest BCUT2D eigenvalue weighted by Crippen LogP contribution is -2.36. The van der Waals surface area contributed by atoms with Gasteiger partial charge in [0.05, 0.1) is 42.7 Å². The minimum absolute atomic E-state index is 0.237. The van der Waals surface area contributed by atoms with Crippen molar-refractivity contribution in [3.8, 4) is 33.6 Å². The fourth-order valence-electron chi connectivity index (χ4n) is 14.4. The number of sulfone groups is 2. The highest BCUT2D eigenvalue weighted by atomic mass is 32.2. The predicted molar refractivity (Wildman–Crippen MR) is 296 cm³/mol. The molecule has 0 saturated heterocycles. The molecule has 2 spiro atoms. The first-order valence-corrected chi connectivity index (χ1v) is 28.3. The molecule has 76 heavy (non-hydrogen) atoms. The maximum Gasteiger partial charge on any atom is 0.209 e. The lowest BCUT2D eigenvalue weighted by molar-refractivity contribution is 0.580. The van der Waals surface area contributed by atoms with Gasteiger partial charge < -0.3 is 9.13 Å². The minimum Gasteiger partial charge on any atom is -0.308 e. The lowest BCUT2D eigenvalue weighted by atomic mass is 9.67. The SMILES string of the molecule is O=S1(=O)c2ccccc2C2(c3ccccc3-c3ccccc32)c2ccc3c4cnccc4n(-c4cccc(-n5c6ccncc6c6ccc7c(c65)S(=O)(=O)c5ccccc5C75c6ccccc6-c6ccccc65)c4)c3c21. The number of fused-ring (bicyclic) bond motifs is 26. The Morgan fingerprint density at radius 1 is 0.329 bits per heavy atom. The Morgan fingerprint density at radius 2 is 0.684 bits per heavy atom. The second-order valence-corrected chi connectivity index (χ2v) is 24.0. The van der Waals surface area contributed by atoms with E-state index in [9.17, 15) is 0 Å². The standard InChI is InChI=1S/C66H38N4O4S2/c71-75(72)59-26-11-9-24-53(59)65(49-20-5-1-16-41(49)42-17-2-6-21-50(42)65)55-30-28-45-47-37-67-34-32-57(47)69(61(45)63(55)75)39-14-13-15-40(36-39)70-58-33-35-68-38-48(58)46-29-31-56-64(62(46)70)76(73,74)60-27-12-10-25-54(60)66(56)51-22-7-3-18-43(51)44-19-4-8-23-52(44)66/h1-38H. The fourth-order valence-corrected chi connectivity index (χ4v) is 18.4. The summed E-state index contributed by atoms with van der Waals surface area (Å²) in [6.07, 6.45) is 7.11. The summed E-state index contributed by atoms with van der Waals surface area (Å²) < 4.78 is 67.9. The van der Waals surface area contributed by atoms with Crippen LogP contribution in [-0.4, -0.2) is 35.9 Å². The van der Waals surface area contributed by atoms with Crippen LogP contribution in [0.1, 0.15) is 44.5 Å². The van der Waals surface area contributed by atoms with Crippen LogP contribution < -0.4 is 0 Å². The molecule has 358 valence electrons. The van der Waals surface area contributed by atoms with Gasteiger partial charge in [-0.15, -0.1) is 0 Å². The van der Waals surface area contributed by atoms with Crippen LogP contribution in [0.4, 0.5) is 0 Å². The third kappa shape index (κ3) is 4.78. The Morgan fingerprint density at radius 3 is 1.08 bits per heavy atom. The van der Waals surface area contributed by atoms with Gasteiger partial charge in [0, 0.05) is 57.7 Å². The molecule has 0 amide bonds. The van der Waals surface area contributed by atoms with Crippen LogP contribution in [0.25, 0.3) is 77.2 Å². The molecule has 6 heterocycles. The average Bonchev–Trinajstić information content (AvgIpc) is 4.02. The molecule has 0 saturated carbocycles. The van der Waals surface area contributed by atoms with E-state index in [-0.39, 0.29) is 19.6 Å². The van der Waals surface area contributed by atoms with Crippen molar-refractivity contribution in [1.29, 1.82) is 0 Å². The predicted octanol–water partition coefficient (Wildman–Crippen LogP) is 13.7. The smallest absolute Gasteiger partial charge is 0.209 e. The molecule has 8 nitrogen and oxygen atoms in total. The van der Waals surface area contributed by atoms with Crippen LogP contribution in [0.15, 0.2) is 251 Å². The van der Waals surface area contributed by atoms with Gasteiger partial charge in [0.2, 0.25) is 19.7 Å². The summed E-state index contributed by atoms with van der Waals surface area (Å²) in [6, 6.07) is 68.6. The number of hydrogen-bond donors (Lipinski definition) is 0. The van der Waals surface area contributed by atoms with Gasteiger partial charge in [-0.1, -0.05) is 164 Å². The molecule has 17 rings (SSSR count). The van der Waals surface area contributed by atoms with Gasteiger partial charge in [-0.25, -0.2) is 16.8 Å². The van der Waals surface area contributed by atoms with E-state index in [1.54, 1.807) is 24.5 Å². The van der Waals surface area contributed by atoms with Gasteiger partial charge in [0.15, 0.2) is 0 Å². The second kappa shape index (κ2) is 14.3. The second-order valence-electron chi connectivity index (χ2n) is 20.3. The molecule has 13 aromatic rings. The summed E-state index contributed by atoms with van der Waals surface area (Å²) >= 11 is 0. The molecule has 0 fully saturated rings. The number of aromatic nitrogens is 4. The van der Waals surface area contributed by atoms with Crippen molar-refractivity contribution in [2.75, 3.05) is 0 Å². The van der Waals surface area contributed by atoms with Crippen LogP contribution in [-0.2, 0) is 30.5 Å². The van der Waals surface area contributed by atoms with Gasteiger partial charge in [-0.2, -0.15) is 0 Å². The van der Waals surface area contributed by atoms with Gasteiger partial charge >= 0.3 is 0 Å². The molecule has 0 bridgehead atoms. The Balaban J connectivity index is 0.989. The molecule has 0 radical (unpaired) electrons. The summed E-state index contributed by atoms with van der Waals surface area (Å²) in [5.41, 5.74) is 13.2. The lowest BCUT2D eigenvalue weighted by Gasteiger charge is -2.40. The molecule has 0 atom stereocenters. The number of pyridine rings is 2. The van der Waals surface area contributed by atoms with E-state index in [0.29, 0.717) is 33.5 Å².